The number of methoxy groups -OCH3 is 2. The van der Waals surface area contributed by atoms with Gasteiger partial charge in [-0.25, -0.2) is 0 Å². The summed E-state index contributed by atoms with van der Waals surface area (Å²) in [5.74, 6) is -0.667. The Labute approximate surface area is 105 Å². The average Bonchev–Trinajstić information content (AvgIpc) is 2.36. The first-order valence-corrected chi connectivity index (χ1v) is 5.54. The number of ketones is 2. The van der Waals surface area contributed by atoms with Crippen molar-refractivity contribution in [2.24, 2.45) is 0 Å². The molecule has 0 saturated heterocycles. The van der Waals surface area contributed by atoms with Crippen LogP contribution in [-0.4, -0.2) is 25.8 Å². The number of allylic oxidation sites excluding steroid dienone is 2. The summed E-state index contributed by atoms with van der Waals surface area (Å²) in [6.07, 6.45) is 0. The number of aryl methyl sites for hydroxylation is 1. The minimum Gasteiger partial charge on any atom is -0.489 e. The van der Waals surface area contributed by atoms with Crippen LogP contribution in [0.2, 0.25) is 0 Å². The molecule has 0 aromatic heterocycles. The zero-order valence-corrected chi connectivity index (χ0v) is 10.8. The zero-order chi connectivity index (χ0) is 13.4. The molecule has 0 atom stereocenters. The highest BCUT2D eigenvalue weighted by molar-refractivity contribution is 6.26. The molecule has 1 aliphatic carbocycles. The fourth-order valence-corrected chi connectivity index (χ4v) is 2.11. The van der Waals surface area contributed by atoms with Crippen LogP contribution in [0, 0.1) is 13.8 Å². The molecular formula is C14H14O4. The second-order valence-corrected chi connectivity index (χ2v) is 4.15. The van der Waals surface area contributed by atoms with E-state index in [2.05, 4.69) is 0 Å². The average molecular weight is 246 g/mol. The van der Waals surface area contributed by atoms with Gasteiger partial charge in [-0.15, -0.1) is 0 Å². The number of fused-ring (bicyclic) bond motifs is 1. The molecule has 0 spiro atoms. The van der Waals surface area contributed by atoms with Gasteiger partial charge < -0.3 is 9.47 Å². The van der Waals surface area contributed by atoms with Crippen molar-refractivity contribution in [2.75, 3.05) is 14.2 Å². The predicted molar refractivity (Wildman–Crippen MR) is 65.6 cm³/mol. The van der Waals surface area contributed by atoms with Gasteiger partial charge in [0.15, 0.2) is 0 Å². The Bertz CT molecular complexity index is 582. The molecule has 1 aliphatic rings. The third-order valence-corrected chi connectivity index (χ3v) is 3.23. The van der Waals surface area contributed by atoms with Gasteiger partial charge in [-0.1, -0.05) is 6.07 Å². The van der Waals surface area contributed by atoms with Gasteiger partial charge in [0, 0.05) is 11.1 Å². The van der Waals surface area contributed by atoms with Crippen LogP contribution in [0.15, 0.2) is 23.7 Å². The van der Waals surface area contributed by atoms with Crippen LogP contribution in [0.25, 0.3) is 0 Å². The molecule has 0 radical (unpaired) electrons. The SMILES string of the molecule is COC1=C(OC)C(=O)c2c(ccc(C)c2C)C1=O. The van der Waals surface area contributed by atoms with Crippen LogP contribution in [0.3, 0.4) is 0 Å². The Kier molecular flexibility index (Phi) is 2.95. The largest absolute Gasteiger partial charge is 0.489 e. The molecule has 2 rings (SSSR count). The van der Waals surface area contributed by atoms with Crippen molar-refractivity contribution >= 4 is 11.6 Å². The van der Waals surface area contributed by atoms with Crippen molar-refractivity contribution in [3.63, 3.8) is 0 Å². The number of carbonyl (C=O) groups is 2. The van der Waals surface area contributed by atoms with E-state index >= 15 is 0 Å². The number of benzene rings is 1. The minimum atomic E-state index is -0.313. The summed E-state index contributed by atoms with van der Waals surface area (Å²) in [6, 6.07) is 3.48. The topological polar surface area (TPSA) is 52.6 Å². The molecule has 0 aliphatic heterocycles. The molecule has 1 aromatic carbocycles. The van der Waals surface area contributed by atoms with E-state index in [4.69, 9.17) is 9.47 Å². The van der Waals surface area contributed by atoms with Gasteiger partial charge in [-0.3, -0.25) is 9.59 Å². The lowest BCUT2D eigenvalue weighted by molar-refractivity contribution is 0.0828. The molecule has 0 amide bonds. The number of ether oxygens (including phenoxy) is 2. The lowest BCUT2D eigenvalue weighted by Crippen LogP contribution is -2.25. The van der Waals surface area contributed by atoms with Crippen molar-refractivity contribution in [3.05, 3.63) is 45.9 Å². The van der Waals surface area contributed by atoms with E-state index in [0.717, 1.165) is 11.1 Å². The maximum absolute atomic E-state index is 12.3. The molecular weight excluding hydrogens is 232 g/mol. The van der Waals surface area contributed by atoms with E-state index in [9.17, 15) is 9.59 Å². The van der Waals surface area contributed by atoms with Gasteiger partial charge in [0.25, 0.3) is 0 Å². The second kappa shape index (κ2) is 4.29. The third-order valence-electron chi connectivity index (χ3n) is 3.23. The van der Waals surface area contributed by atoms with Crippen LogP contribution in [0.4, 0.5) is 0 Å². The summed E-state index contributed by atoms with van der Waals surface area (Å²) in [5, 5.41) is 0. The van der Waals surface area contributed by atoms with Gasteiger partial charge >= 0.3 is 0 Å². The van der Waals surface area contributed by atoms with Gasteiger partial charge in [-0.05, 0) is 31.0 Å². The van der Waals surface area contributed by atoms with Gasteiger partial charge in [0.05, 0.1) is 14.2 Å². The summed E-state index contributed by atoms with van der Waals surface area (Å²) >= 11 is 0. The van der Waals surface area contributed by atoms with E-state index < -0.39 is 0 Å². The van der Waals surface area contributed by atoms with E-state index in [1.807, 2.05) is 19.9 Å². The Morgan fingerprint density at radius 3 is 2.00 bits per heavy atom. The highest BCUT2D eigenvalue weighted by Gasteiger charge is 2.35. The summed E-state index contributed by atoms with van der Waals surface area (Å²) < 4.78 is 10.0. The van der Waals surface area contributed by atoms with E-state index in [1.165, 1.54) is 14.2 Å². The number of carbonyl (C=O) groups excluding carboxylic acids is 2. The molecule has 0 saturated carbocycles. The van der Waals surface area contributed by atoms with Crippen molar-refractivity contribution in [1.82, 2.24) is 0 Å². The van der Waals surface area contributed by atoms with Gasteiger partial charge in [0.2, 0.25) is 23.1 Å². The van der Waals surface area contributed by atoms with Crippen LogP contribution in [0.5, 0.6) is 0 Å². The molecule has 0 N–H and O–H groups in total. The Morgan fingerprint density at radius 2 is 1.44 bits per heavy atom. The van der Waals surface area contributed by atoms with Gasteiger partial charge in [-0.2, -0.15) is 0 Å². The first-order valence-electron chi connectivity index (χ1n) is 5.54. The fraction of sp³-hybridized carbons (Fsp3) is 0.286. The summed E-state index contributed by atoms with van der Waals surface area (Å²) in [6.45, 7) is 3.72. The Hall–Kier alpha value is -2.10. The van der Waals surface area contributed by atoms with Crippen molar-refractivity contribution in [2.45, 2.75) is 13.8 Å². The van der Waals surface area contributed by atoms with Crippen LogP contribution in [-0.2, 0) is 9.47 Å². The monoisotopic (exact) mass is 246 g/mol. The molecule has 0 heterocycles. The maximum atomic E-state index is 12.3. The first-order chi connectivity index (χ1) is 8.52. The molecule has 4 nitrogen and oxygen atoms in total. The lowest BCUT2D eigenvalue weighted by atomic mass is 9.87. The molecule has 0 fully saturated rings. The Morgan fingerprint density at radius 1 is 0.889 bits per heavy atom. The lowest BCUT2D eigenvalue weighted by Gasteiger charge is -2.21. The van der Waals surface area contributed by atoms with E-state index in [0.29, 0.717) is 11.1 Å². The fourth-order valence-electron chi connectivity index (χ4n) is 2.11. The summed E-state index contributed by atoms with van der Waals surface area (Å²) in [5.41, 5.74) is 2.56. The summed E-state index contributed by atoms with van der Waals surface area (Å²) in [4.78, 5) is 24.5. The van der Waals surface area contributed by atoms with Crippen molar-refractivity contribution in [3.8, 4) is 0 Å². The second-order valence-electron chi connectivity index (χ2n) is 4.15. The quantitative estimate of drug-likeness (QED) is 0.802. The molecule has 4 heteroatoms. The summed E-state index contributed by atoms with van der Waals surface area (Å²) in [7, 11) is 2.71. The molecule has 0 unspecified atom stereocenters. The number of Topliss-reactive ketones (excluding diaryl/α,β-unsaturated/α-hetero) is 2. The Balaban J connectivity index is 2.76. The number of rotatable bonds is 2. The standard InChI is InChI=1S/C14H14O4/c1-7-5-6-9-10(8(7)2)12(16)14(18-4)13(17-3)11(9)15/h5-6H,1-4H3. The highest BCUT2D eigenvalue weighted by atomic mass is 16.5. The zero-order valence-electron chi connectivity index (χ0n) is 10.8. The number of hydrogen-bond acceptors (Lipinski definition) is 4. The predicted octanol–water partition coefficient (Wildman–Crippen LogP) is 2.19. The smallest absolute Gasteiger partial charge is 0.232 e. The highest BCUT2D eigenvalue weighted by Crippen LogP contribution is 2.30. The van der Waals surface area contributed by atoms with Crippen LogP contribution < -0.4 is 0 Å². The molecule has 0 bridgehead atoms. The first kappa shape index (κ1) is 12.4. The molecule has 1 aromatic rings. The normalized spacial score (nSPS) is 14.7. The van der Waals surface area contributed by atoms with Crippen LogP contribution in [0.1, 0.15) is 31.8 Å². The molecule has 94 valence electrons. The van der Waals surface area contributed by atoms with Gasteiger partial charge in [0.1, 0.15) is 0 Å². The van der Waals surface area contributed by atoms with E-state index in [1.54, 1.807) is 6.07 Å². The minimum absolute atomic E-state index is 0.0244. The van der Waals surface area contributed by atoms with Crippen molar-refractivity contribution in [1.29, 1.82) is 0 Å². The molecule has 18 heavy (non-hydrogen) atoms. The third kappa shape index (κ3) is 1.53. The number of hydrogen-bond donors (Lipinski definition) is 0. The van der Waals surface area contributed by atoms with Crippen molar-refractivity contribution < 1.29 is 19.1 Å². The van der Waals surface area contributed by atoms with Crippen LogP contribution >= 0.6 is 0 Å². The maximum Gasteiger partial charge on any atom is 0.232 e. The van der Waals surface area contributed by atoms with E-state index in [-0.39, 0.29) is 23.1 Å².